The van der Waals surface area contributed by atoms with Crippen LogP contribution in [0.2, 0.25) is 0 Å². The van der Waals surface area contributed by atoms with Crippen molar-refractivity contribution in [2.45, 2.75) is 0 Å². The fraction of sp³-hybridized carbons (Fsp3) is 0. The number of hydrogen-bond donors (Lipinski definition) is 0. The molecule has 0 atom stereocenters. The van der Waals surface area contributed by atoms with Gasteiger partial charge in [-0.25, -0.2) is 0 Å². The van der Waals surface area contributed by atoms with Crippen molar-refractivity contribution in [2.75, 3.05) is 0 Å². The van der Waals surface area contributed by atoms with Gasteiger partial charge in [-0.05, 0) is 0 Å². The summed E-state index contributed by atoms with van der Waals surface area (Å²) in [6.45, 7) is 0. The van der Waals surface area contributed by atoms with Gasteiger partial charge in [0, 0.05) is 0 Å². The van der Waals surface area contributed by atoms with Gasteiger partial charge in [-0.15, -0.1) is 12.4 Å². The molecule has 3 nitrogen and oxygen atoms in total. The molecule has 0 unspecified atom stereocenters. The number of rotatable bonds is 0. The molecule has 0 aromatic heterocycles. The van der Waals surface area contributed by atoms with Gasteiger partial charge in [0.15, 0.2) is 0 Å². The zero-order chi connectivity index (χ0) is 3.58. The van der Waals surface area contributed by atoms with Gasteiger partial charge in [-0.1, -0.05) is 0 Å². The van der Waals surface area contributed by atoms with Crippen LogP contribution < -0.4 is 0 Å². The third kappa shape index (κ3) is 235. The summed E-state index contributed by atoms with van der Waals surface area (Å²) in [5.74, 6) is 0. The molecule has 0 amide bonds. The van der Waals surface area contributed by atoms with Crippen LogP contribution in [0.1, 0.15) is 0 Å². The first-order valence-electron chi connectivity index (χ1n) is 0.523. The topological polar surface area (TPSA) is 43.1 Å². The van der Waals surface area contributed by atoms with E-state index in [-0.39, 0.29) is 12.4 Å². The molecule has 0 saturated carbocycles. The molecule has 0 spiro atoms. The van der Waals surface area contributed by atoms with Crippen LogP contribution in [-0.4, -0.2) is 3.67 Å². The summed E-state index contributed by atoms with van der Waals surface area (Å²) in [5.41, 5.74) is 0. The second-order valence-corrected chi connectivity index (χ2v) is 0.838. The summed E-state index contributed by atoms with van der Waals surface area (Å²) in [6.07, 6.45) is 0. The van der Waals surface area contributed by atoms with E-state index in [1.165, 1.54) is 18.5 Å². The zero-order valence-electron chi connectivity index (χ0n) is 2.03. The van der Waals surface area contributed by atoms with Gasteiger partial charge in [0.05, 0.1) is 0 Å². The van der Waals surface area contributed by atoms with Crippen molar-refractivity contribution in [3.05, 3.63) is 10.1 Å². The van der Waals surface area contributed by atoms with E-state index in [1.54, 1.807) is 0 Å². The van der Waals surface area contributed by atoms with Crippen molar-refractivity contribution in [3.8, 4) is 0 Å². The van der Waals surface area contributed by atoms with Crippen molar-refractivity contribution in [1.29, 1.82) is 0 Å². The number of halogens is 1. The van der Waals surface area contributed by atoms with Crippen molar-refractivity contribution in [1.82, 2.24) is 0 Å². The van der Waals surface area contributed by atoms with E-state index >= 15 is 0 Å². The van der Waals surface area contributed by atoms with Gasteiger partial charge < -0.3 is 0 Å². The Kier molecular flexibility index (Phi) is 7.77. The number of nitrogens with zero attached hydrogens (tertiary/aromatic N) is 1. The molecule has 0 N–H and O–H groups in total. The molecule has 0 radical (unpaired) electrons. The van der Waals surface area contributed by atoms with E-state index < -0.39 is 3.67 Å². The normalized spacial score (nSPS) is 5.00. The molecule has 0 fully saturated rings. The van der Waals surface area contributed by atoms with Gasteiger partial charge >= 0.3 is 32.3 Å². The molecular formula is HClNO2Ru. The van der Waals surface area contributed by atoms with Crippen LogP contribution in [0.25, 0.3) is 0 Å². The van der Waals surface area contributed by atoms with E-state index in [1.807, 2.05) is 0 Å². The van der Waals surface area contributed by atoms with Gasteiger partial charge in [-0.3, -0.25) is 0 Å². The third-order valence-corrected chi connectivity index (χ3v) is 0. The molecule has 0 aromatic rings. The van der Waals surface area contributed by atoms with E-state index in [9.17, 15) is 0 Å². The SMILES string of the molecule is Cl.O=[N+]([O-])[Ru]. The summed E-state index contributed by atoms with van der Waals surface area (Å²) in [6, 6.07) is 0. The van der Waals surface area contributed by atoms with Crippen LogP contribution in [0.3, 0.4) is 0 Å². The fourth-order valence-corrected chi connectivity index (χ4v) is 0. The molecule has 0 aromatic carbocycles. The average Bonchev–Trinajstić information content (AvgIpc) is 0.811. The van der Waals surface area contributed by atoms with Crippen LogP contribution in [0.4, 0.5) is 0 Å². The minimum atomic E-state index is -0.570. The Morgan fingerprint density at radius 1 is 1.80 bits per heavy atom. The Labute approximate surface area is 45.2 Å². The average molecular weight is 184 g/mol. The van der Waals surface area contributed by atoms with Crippen molar-refractivity contribution >= 4 is 12.4 Å². The molecule has 0 aliphatic carbocycles. The van der Waals surface area contributed by atoms with Crippen LogP contribution in [0.15, 0.2) is 0 Å². The molecule has 5 heavy (non-hydrogen) atoms. The van der Waals surface area contributed by atoms with Crippen LogP contribution in [0.5, 0.6) is 0 Å². The zero-order valence-corrected chi connectivity index (χ0v) is 4.58. The van der Waals surface area contributed by atoms with Crippen LogP contribution >= 0.6 is 12.4 Å². The van der Waals surface area contributed by atoms with E-state index in [2.05, 4.69) is 0 Å². The molecule has 0 saturated heterocycles. The summed E-state index contributed by atoms with van der Waals surface area (Å²) >= 11 is 1.30. The van der Waals surface area contributed by atoms with Crippen molar-refractivity contribution < 1.29 is 22.2 Å². The molecule has 5 heteroatoms. The Bertz CT molecular complexity index is 32.6. The van der Waals surface area contributed by atoms with Gasteiger partial charge in [0.2, 0.25) is 0 Å². The molecular weight excluding hydrogens is 183 g/mol. The first-order chi connectivity index (χ1) is 1.73. The Morgan fingerprint density at radius 2 is 1.80 bits per heavy atom. The molecule has 0 aliphatic heterocycles. The molecule has 0 aliphatic rings. The summed E-state index contributed by atoms with van der Waals surface area (Å²) in [5, 5.41) is 8.77. The van der Waals surface area contributed by atoms with E-state index in [4.69, 9.17) is 10.1 Å². The minimum absolute atomic E-state index is 0. The second kappa shape index (κ2) is 4.31. The van der Waals surface area contributed by atoms with Crippen molar-refractivity contribution in [3.63, 3.8) is 0 Å². The second-order valence-electron chi connectivity index (χ2n) is 0.204. The van der Waals surface area contributed by atoms with Crippen LogP contribution in [-0.2, 0) is 18.5 Å². The third-order valence-electron chi connectivity index (χ3n) is 0. The number of hydrogen-bond acceptors (Lipinski definition) is 2. The van der Waals surface area contributed by atoms with Gasteiger partial charge in [0.1, 0.15) is 0 Å². The maximum atomic E-state index is 8.77. The summed E-state index contributed by atoms with van der Waals surface area (Å²) in [7, 11) is 0. The number of nitro groups is 1. The van der Waals surface area contributed by atoms with E-state index in [0.29, 0.717) is 0 Å². The van der Waals surface area contributed by atoms with Gasteiger partial charge in [0.25, 0.3) is 0 Å². The Hall–Kier alpha value is 0.313. The standard InChI is InChI=1S/ClH.NO2.Ru/c;2-1-3;/h1H;;. The first-order valence-corrected chi connectivity index (χ1v) is 1.30. The summed E-state index contributed by atoms with van der Waals surface area (Å²) < 4.78 is -0.570. The predicted octanol–water partition coefficient (Wildman–Crippen LogP) is 0.147. The van der Waals surface area contributed by atoms with Crippen molar-refractivity contribution in [2.24, 2.45) is 0 Å². The van der Waals surface area contributed by atoms with Crippen LogP contribution in [0, 0.1) is 10.1 Å². The molecule has 0 rings (SSSR count). The monoisotopic (exact) mass is 184 g/mol. The first kappa shape index (κ1) is 9.00. The maximum absolute atomic E-state index is 8.77. The molecule has 0 bridgehead atoms. The quantitative estimate of drug-likeness (QED) is 0.305. The molecule has 33 valence electrons. The Morgan fingerprint density at radius 3 is 1.80 bits per heavy atom. The predicted molar refractivity (Wildman–Crippen MR) is 14.2 cm³/mol. The fourth-order valence-electron chi connectivity index (χ4n) is 0. The van der Waals surface area contributed by atoms with Gasteiger partial charge in [-0.2, -0.15) is 0 Å². The molecule has 0 heterocycles. The summed E-state index contributed by atoms with van der Waals surface area (Å²) in [4.78, 5) is 8.77. The Balaban J connectivity index is 0. The van der Waals surface area contributed by atoms with E-state index in [0.717, 1.165) is 0 Å².